The van der Waals surface area contributed by atoms with Crippen LogP contribution in [0.5, 0.6) is 0 Å². The molecule has 0 aliphatic carbocycles. The summed E-state index contributed by atoms with van der Waals surface area (Å²) in [6, 6.07) is 5.58. The Morgan fingerprint density at radius 2 is 2.04 bits per heavy atom. The van der Waals surface area contributed by atoms with Gasteiger partial charge in [0, 0.05) is 12.5 Å². The molecule has 0 bridgehead atoms. The number of hydrogen-bond acceptors (Lipinski definition) is 4. The summed E-state index contributed by atoms with van der Waals surface area (Å²) in [6.45, 7) is 1.33. The SMILES string of the molecule is Cc1c(Br)c(C(F)(F)F)nn1CCC(=O)Nc1ccccc1[N+](=O)[O-]. The predicted molar refractivity (Wildman–Crippen MR) is 86.0 cm³/mol. The smallest absolute Gasteiger partial charge is 0.320 e. The number of para-hydroxylation sites is 2. The molecule has 0 radical (unpaired) electrons. The van der Waals surface area contributed by atoms with Gasteiger partial charge in [0.2, 0.25) is 5.91 Å². The number of amides is 1. The zero-order chi connectivity index (χ0) is 18.8. The fraction of sp³-hybridized carbons (Fsp3) is 0.286. The molecule has 1 heterocycles. The third-order valence-electron chi connectivity index (χ3n) is 3.33. The Morgan fingerprint density at radius 3 is 2.60 bits per heavy atom. The monoisotopic (exact) mass is 420 g/mol. The van der Waals surface area contributed by atoms with Crippen molar-refractivity contribution in [3.8, 4) is 0 Å². The number of nitro groups is 1. The summed E-state index contributed by atoms with van der Waals surface area (Å²) in [5.41, 5.74) is -1.09. The quantitative estimate of drug-likeness (QED) is 0.586. The molecule has 1 amide bonds. The van der Waals surface area contributed by atoms with Gasteiger partial charge in [0.1, 0.15) is 5.69 Å². The highest BCUT2D eigenvalue weighted by atomic mass is 79.9. The molecule has 7 nitrogen and oxygen atoms in total. The number of halogens is 4. The third-order valence-corrected chi connectivity index (χ3v) is 4.28. The number of rotatable bonds is 5. The van der Waals surface area contributed by atoms with Gasteiger partial charge in [0.15, 0.2) is 5.69 Å². The molecule has 2 rings (SSSR count). The Bertz CT molecular complexity index is 820. The highest BCUT2D eigenvalue weighted by molar-refractivity contribution is 9.10. The second-order valence-electron chi connectivity index (χ2n) is 5.04. The van der Waals surface area contributed by atoms with E-state index in [0.29, 0.717) is 0 Å². The first kappa shape index (κ1) is 18.9. The highest BCUT2D eigenvalue weighted by Gasteiger charge is 2.37. The molecule has 0 aliphatic heterocycles. The van der Waals surface area contributed by atoms with E-state index in [9.17, 15) is 28.1 Å². The predicted octanol–water partition coefficient (Wildman–Crippen LogP) is 3.91. The van der Waals surface area contributed by atoms with Crippen molar-refractivity contribution in [3.05, 3.63) is 50.2 Å². The summed E-state index contributed by atoms with van der Waals surface area (Å²) in [6.07, 6.45) is -4.81. The van der Waals surface area contributed by atoms with E-state index in [2.05, 4.69) is 26.3 Å². The van der Waals surface area contributed by atoms with Crippen molar-refractivity contribution >= 4 is 33.2 Å². The van der Waals surface area contributed by atoms with Gasteiger partial charge in [-0.3, -0.25) is 19.6 Å². The van der Waals surface area contributed by atoms with E-state index in [4.69, 9.17) is 0 Å². The Morgan fingerprint density at radius 1 is 1.40 bits per heavy atom. The largest absolute Gasteiger partial charge is 0.436 e. The van der Waals surface area contributed by atoms with Gasteiger partial charge in [-0.05, 0) is 28.9 Å². The van der Waals surface area contributed by atoms with Crippen LogP contribution in [-0.4, -0.2) is 20.6 Å². The van der Waals surface area contributed by atoms with Crippen molar-refractivity contribution in [2.75, 3.05) is 5.32 Å². The van der Waals surface area contributed by atoms with Gasteiger partial charge in [-0.2, -0.15) is 18.3 Å². The van der Waals surface area contributed by atoms with Crippen LogP contribution in [0, 0.1) is 17.0 Å². The number of aryl methyl sites for hydroxylation is 1. The Labute approximate surface area is 148 Å². The second-order valence-corrected chi connectivity index (χ2v) is 5.83. The van der Waals surface area contributed by atoms with Crippen LogP contribution < -0.4 is 5.32 Å². The van der Waals surface area contributed by atoms with Crippen molar-refractivity contribution in [2.45, 2.75) is 26.1 Å². The number of carbonyl (C=O) groups excluding carboxylic acids is 1. The van der Waals surface area contributed by atoms with Gasteiger partial charge in [-0.1, -0.05) is 12.1 Å². The number of hydrogen-bond donors (Lipinski definition) is 1. The molecular weight excluding hydrogens is 409 g/mol. The van der Waals surface area contributed by atoms with E-state index >= 15 is 0 Å². The number of alkyl halides is 3. The van der Waals surface area contributed by atoms with Crippen LogP contribution in [-0.2, 0) is 17.5 Å². The fourth-order valence-electron chi connectivity index (χ4n) is 2.08. The molecule has 0 atom stereocenters. The van der Waals surface area contributed by atoms with E-state index in [0.717, 1.165) is 4.68 Å². The number of aromatic nitrogens is 2. The van der Waals surface area contributed by atoms with Crippen LogP contribution in [0.4, 0.5) is 24.5 Å². The van der Waals surface area contributed by atoms with Gasteiger partial charge in [0.25, 0.3) is 5.69 Å². The Balaban J connectivity index is 2.08. The minimum Gasteiger partial charge on any atom is -0.320 e. The molecule has 1 N–H and O–H groups in total. The van der Waals surface area contributed by atoms with Crippen molar-refractivity contribution < 1.29 is 22.9 Å². The lowest BCUT2D eigenvalue weighted by molar-refractivity contribution is -0.383. The Hall–Kier alpha value is -2.43. The lowest BCUT2D eigenvalue weighted by Gasteiger charge is -2.07. The molecule has 25 heavy (non-hydrogen) atoms. The van der Waals surface area contributed by atoms with Crippen molar-refractivity contribution in [1.82, 2.24) is 9.78 Å². The number of anilines is 1. The van der Waals surface area contributed by atoms with Crippen LogP contribution in [0.1, 0.15) is 17.8 Å². The lowest BCUT2D eigenvalue weighted by atomic mass is 10.2. The number of benzene rings is 1. The van der Waals surface area contributed by atoms with Crippen molar-refractivity contribution in [2.24, 2.45) is 0 Å². The highest BCUT2D eigenvalue weighted by Crippen LogP contribution is 2.35. The average Bonchev–Trinajstić information content (AvgIpc) is 2.81. The molecular formula is C14H12BrF3N4O3. The van der Waals surface area contributed by atoms with Crippen LogP contribution in [0.2, 0.25) is 0 Å². The van der Waals surface area contributed by atoms with Crippen molar-refractivity contribution in [1.29, 1.82) is 0 Å². The van der Waals surface area contributed by atoms with Gasteiger partial charge < -0.3 is 5.32 Å². The molecule has 0 saturated carbocycles. The normalized spacial score (nSPS) is 11.4. The molecule has 0 saturated heterocycles. The molecule has 0 aliphatic rings. The zero-order valence-electron chi connectivity index (χ0n) is 12.8. The summed E-state index contributed by atoms with van der Waals surface area (Å²) in [7, 11) is 0. The van der Waals surface area contributed by atoms with E-state index in [1.165, 1.54) is 31.2 Å². The van der Waals surface area contributed by atoms with Gasteiger partial charge in [0.05, 0.1) is 21.6 Å². The number of carbonyl (C=O) groups is 1. The molecule has 0 fully saturated rings. The van der Waals surface area contributed by atoms with Crippen LogP contribution in [0.15, 0.2) is 28.7 Å². The number of nitrogens with zero attached hydrogens (tertiary/aromatic N) is 3. The molecule has 2 aromatic rings. The van der Waals surface area contributed by atoms with Crippen LogP contribution in [0.25, 0.3) is 0 Å². The van der Waals surface area contributed by atoms with Gasteiger partial charge in [-0.15, -0.1) is 0 Å². The van der Waals surface area contributed by atoms with Crippen LogP contribution in [0.3, 0.4) is 0 Å². The summed E-state index contributed by atoms with van der Waals surface area (Å²) in [5.74, 6) is -0.575. The third kappa shape index (κ3) is 4.35. The average molecular weight is 421 g/mol. The van der Waals surface area contributed by atoms with E-state index < -0.39 is 22.7 Å². The first-order valence-electron chi connectivity index (χ1n) is 6.94. The second kappa shape index (κ2) is 7.21. The van der Waals surface area contributed by atoms with E-state index in [1.54, 1.807) is 0 Å². The maximum Gasteiger partial charge on any atom is 0.436 e. The van der Waals surface area contributed by atoms with E-state index in [-0.39, 0.29) is 34.5 Å². The minimum absolute atomic E-state index is 0.0202. The van der Waals surface area contributed by atoms with Crippen LogP contribution >= 0.6 is 15.9 Å². The zero-order valence-corrected chi connectivity index (χ0v) is 14.4. The minimum atomic E-state index is -4.61. The first-order chi connectivity index (χ1) is 11.6. The molecule has 11 heteroatoms. The molecule has 134 valence electrons. The summed E-state index contributed by atoms with van der Waals surface area (Å²) in [4.78, 5) is 22.2. The summed E-state index contributed by atoms with van der Waals surface area (Å²) < 4.78 is 39.3. The van der Waals surface area contributed by atoms with Crippen molar-refractivity contribution in [3.63, 3.8) is 0 Å². The van der Waals surface area contributed by atoms with Gasteiger partial charge >= 0.3 is 6.18 Å². The molecule has 1 aromatic heterocycles. The summed E-state index contributed by atoms with van der Waals surface area (Å²) >= 11 is 2.84. The first-order valence-corrected chi connectivity index (χ1v) is 7.74. The van der Waals surface area contributed by atoms with Gasteiger partial charge in [-0.25, -0.2) is 0 Å². The maximum atomic E-state index is 12.8. The standard InChI is InChI=1S/C14H12BrF3N4O3/c1-8-12(15)13(14(16,17)18)20-21(8)7-6-11(23)19-9-4-2-3-5-10(9)22(24)25/h2-5H,6-7H2,1H3,(H,19,23). The maximum absolute atomic E-state index is 12.8. The molecule has 0 unspecified atom stereocenters. The molecule has 0 spiro atoms. The number of nitro benzene ring substituents is 1. The topological polar surface area (TPSA) is 90.1 Å². The summed E-state index contributed by atoms with van der Waals surface area (Å²) in [5, 5.41) is 16.7. The number of nitrogens with one attached hydrogen (secondary N) is 1. The Kier molecular flexibility index (Phi) is 5.45. The molecule has 1 aromatic carbocycles. The lowest BCUT2D eigenvalue weighted by Crippen LogP contribution is -2.16. The fourth-order valence-corrected chi connectivity index (χ4v) is 2.59. The van der Waals surface area contributed by atoms with E-state index in [1.807, 2.05) is 0 Å².